The second kappa shape index (κ2) is 6.73. The van der Waals surface area contributed by atoms with Crippen LogP contribution in [0.5, 0.6) is 5.75 Å². The zero-order valence-electron chi connectivity index (χ0n) is 13.4. The van der Waals surface area contributed by atoms with Gasteiger partial charge in [-0.15, -0.1) is 0 Å². The van der Waals surface area contributed by atoms with Gasteiger partial charge in [-0.3, -0.25) is 4.90 Å². The Hall–Kier alpha value is -2.49. The van der Waals surface area contributed by atoms with Gasteiger partial charge < -0.3 is 9.47 Å². The van der Waals surface area contributed by atoms with E-state index in [4.69, 9.17) is 9.47 Å². The van der Waals surface area contributed by atoms with Gasteiger partial charge in [-0.1, -0.05) is 43.7 Å². The van der Waals surface area contributed by atoms with Crippen molar-refractivity contribution in [3.8, 4) is 5.75 Å². The minimum absolute atomic E-state index is 0.1000. The maximum atomic E-state index is 12.5. The SMILES string of the molecule is CCC[C@H]1OC(=O)N(c2ccc(OC)cc2)[C@@H]1c1ccccc1. The Morgan fingerprint density at radius 2 is 1.78 bits per heavy atom. The van der Waals surface area contributed by atoms with Gasteiger partial charge in [0.15, 0.2) is 0 Å². The van der Waals surface area contributed by atoms with Gasteiger partial charge in [0.1, 0.15) is 17.9 Å². The van der Waals surface area contributed by atoms with Gasteiger partial charge in [0, 0.05) is 5.69 Å². The third-order valence-corrected chi connectivity index (χ3v) is 4.14. The first-order chi connectivity index (χ1) is 11.2. The van der Waals surface area contributed by atoms with Crippen LogP contribution in [0.4, 0.5) is 10.5 Å². The van der Waals surface area contributed by atoms with Gasteiger partial charge in [-0.05, 0) is 36.2 Å². The summed E-state index contributed by atoms with van der Waals surface area (Å²) < 4.78 is 10.8. The summed E-state index contributed by atoms with van der Waals surface area (Å²) in [6.07, 6.45) is 1.40. The molecule has 4 heteroatoms. The first-order valence-electron chi connectivity index (χ1n) is 7.93. The maximum absolute atomic E-state index is 12.5. The van der Waals surface area contributed by atoms with E-state index in [1.165, 1.54) is 0 Å². The fourth-order valence-corrected chi connectivity index (χ4v) is 3.05. The molecule has 0 saturated carbocycles. The van der Waals surface area contributed by atoms with E-state index in [2.05, 4.69) is 6.92 Å². The van der Waals surface area contributed by atoms with Gasteiger partial charge >= 0.3 is 6.09 Å². The fourth-order valence-electron chi connectivity index (χ4n) is 3.05. The molecular formula is C19H21NO3. The molecule has 0 bridgehead atoms. The minimum Gasteiger partial charge on any atom is -0.497 e. The Morgan fingerprint density at radius 1 is 1.09 bits per heavy atom. The molecule has 0 radical (unpaired) electrons. The average molecular weight is 311 g/mol. The summed E-state index contributed by atoms with van der Waals surface area (Å²) in [5, 5.41) is 0. The van der Waals surface area contributed by atoms with Gasteiger partial charge in [-0.2, -0.15) is 0 Å². The molecule has 2 atom stereocenters. The summed E-state index contributed by atoms with van der Waals surface area (Å²) in [5.41, 5.74) is 1.91. The predicted molar refractivity (Wildman–Crippen MR) is 89.8 cm³/mol. The highest BCUT2D eigenvalue weighted by Gasteiger charge is 2.42. The Labute approximate surface area is 136 Å². The molecule has 0 N–H and O–H groups in total. The van der Waals surface area contributed by atoms with Crippen LogP contribution < -0.4 is 9.64 Å². The van der Waals surface area contributed by atoms with Gasteiger partial charge in [-0.25, -0.2) is 4.79 Å². The summed E-state index contributed by atoms with van der Waals surface area (Å²) in [7, 11) is 1.63. The molecule has 0 aliphatic carbocycles. The van der Waals surface area contributed by atoms with Crippen LogP contribution in [0.2, 0.25) is 0 Å². The largest absolute Gasteiger partial charge is 0.497 e. The number of carbonyl (C=O) groups is 1. The van der Waals surface area contributed by atoms with Crippen LogP contribution in [0.3, 0.4) is 0 Å². The molecule has 23 heavy (non-hydrogen) atoms. The molecular weight excluding hydrogens is 290 g/mol. The van der Waals surface area contributed by atoms with Crippen molar-refractivity contribution in [1.29, 1.82) is 0 Å². The van der Waals surface area contributed by atoms with Crippen LogP contribution in [0.15, 0.2) is 54.6 Å². The predicted octanol–water partition coefficient (Wildman–Crippen LogP) is 4.56. The number of carbonyl (C=O) groups excluding carboxylic acids is 1. The zero-order valence-corrected chi connectivity index (χ0v) is 13.4. The average Bonchev–Trinajstić information content (AvgIpc) is 2.92. The lowest BCUT2D eigenvalue weighted by Crippen LogP contribution is -2.29. The molecule has 2 aromatic rings. The summed E-state index contributed by atoms with van der Waals surface area (Å²) in [6, 6.07) is 17.5. The number of anilines is 1. The molecule has 3 rings (SSSR count). The van der Waals surface area contributed by atoms with Crippen LogP contribution in [0, 0.1) is 0 Å². The molecule has 1 heterocycles. The van der Waals surface area contributed by atoms with Crippen LogP contribution in [0.25, 0.3) is 0 Å². The Balaban J connectivity index is 1.99. The number of benzene rings is 2. The van der Waals surface area contributed by atoms with Crippen molar-refractivity contribution in [3.63, 3.8) is 0 Å². The molecule has 2 aromatic carbocycles. The topological polar surface area (TPSA) is 38.8 Å². The van der Waals surface area contributed by atoms with Crippen LogP contribution in [-0.4, -0.2) is 19.3 Å². The lowest BCUT2D eigenvalue weighted by atomic mass is 9.97. The second-order valence-corrected chi connectivity index (χ2v) is 5.63. The molecule has 4 nitrogen and oxygen atoms in total. The van der Waals surface area contributed by atoms with Crippen molar-refractivity contribution in [2.75, 3.05) is 12.0 Å². The van der Waals surface area contributed by atoms with Crippen LogP contribution in [0.1, 0.15) is 31.4 Å². The van der Waals surface area contributed by atoms with E-state index in [9.17, 15) is 4.79 Å². The third kappa shape index (κ3) is 3.02. The maximum Gasteiger partial charge on any atom is 0.415 e. The monoisotopic (exact) mass is 311 g/mol. The van der Waals surface area contributed by atoms with Crippen LogP contribution >= 0.6 is 0 Å². The molecule has 120 valence electrons. The van der Waals surface area contributed by atoms with E-state index < -0.39 is 0 Å². The standard InChI is InChI=1S/C19H21NO3/c1-3-7-17-18(14-8-5-4-6-9-14)20(19(21)23-17)15-10-12-16(22-2)13-11-15/h4-6,8-13,17-18H,3,7H2,1-2H3/t17-,18-/m1/s1. The molecule has 1 amide bonds. The van der Waals surface area contributed by atoms with Gasteiger partial charge in [0.25, 0.3) is 0 Å². The van der Waals surface area contributed by atoms with Crippen LogP contribution in [-0.2, 0) is 4.74 Å². The van der Waals surface area contributed by atoms with E-state index in [1.54, 1.807) is 12.0 Å². The van der Waals surface area contributed by atoms with Crippen molar-refractivity contribution in [1.82, 2.24) is 0 Å². The Kier molecular flexibility index (Phi) is 4.51. The van der Waals surface area contributed by atoms with E-state index in [1.807, 2.05) is 54.6 Å². The van der Waals surface area contributed by atoms with E-state index in [0.717, 1.165) is 29.8 Å². The summed E-state index contributed by atoms with van der Waals surface area (Å²) >= 11 is 0. The van der Waals surface area contributed by atoms with Gasteiger partial charge in [0.2, 0.25) is 0 Å². The zero-order chi connectivity index (χ0) is 16.2. The van der Waals surface area contributed by atoms with Crippen molar-refractivity contribution >= 4 is 11.8 Å². The number of cyclic esters (lactones) is 1. The molecule has 0 aromatic heterocycles. The first-order valence-corrected chi connectivity index (χ1v) is 7.93. The number of ether oxygens (including phenoxy) is 2. The number of amides is 1. The number of rotatable bonds is 5. The van der Waals surface area contributed by atoms with Gasteiger partial charge in [0.05, 0.1) is 7.11 Å². The summed E-state index contributed by atoms with van der Waals surface area (Å²) in [5.74, 6) is 0.766. The van der Waals surface area contributed by atoms with Crippen molar-refractivity contribution in [2.24, 2.45) is 0 Å². The normalized spacial score (nSPS) is 20.4. The van der Waals surface area contributed by atoms with Crippen molar-refractivity contribution in [3.05, 3.63) is 60.2 Å². The highest BCUT2D eigenvalue weighted by Crippen LogP contribution is 2.39. The summed E-state index contributed by atoms with van der Waals surface area (Å²) in [4.78, 5) is 14.2. The Morgan fingerprint density at radius 3 is 2.39 bits per heavy atom. The van der Waals surface area contributed by atoms with E-state index >= 15 is 0 Å². The lowest BCUT2D eigenvalue weighted by Gasteiger charge is -2.25. The second-order valence-electron chi connectivity index (χ2n) is 5.63. The molecule has 1 fully saturated rings. The smallest absolute Gasteiger partial charge is 0.415 e. The van der Waals surface area contributed by atoms with Crippen molar-refractivity contribution in [2.45, 2.75) is 31.9 Å². The molecule has 0 unspecified atom stereocenters. The number of methoxy groups -OCH3 is 1. The highest BCUT2D eigenvalue weighted by atomic mass is 16.6. The minimum atomic E-state index is -0.289. The van der Waals surface area contributed by atoms with E-state index in [0.29, 0.717) is 0 Å². The van der Waals surface area contributed by atoms with Crippen molar-refractivity contribution < 1.29 is 14.3 Å². The molecule has 1 aliphatic rings. The fraction of sp³-hybridized carbons (Fsp3) is 0.316. The number of hydrogen-bond donors (Lipinski definition) is 0. The number of hydrogen-bond acceptors (Lipinski definition) is 3. The quantitative estimate of drug-likeness (QED) is 0.812. The van der Waals surface area contributed by atoms with E-state index in [-0.39, 0.29) is 18.2 Å². The molecule has 1 saturated heterocycles. The Bertz CT molecular complexity index is 654. The molecule has 1 aliphatic heterocycles. The lowest BCUT2D eigenvalue weighted by molar-refractivity contribution is 0.126. The third-order valence-electron chi connectivity index (χ3n) is 4.14. The highest BCUT2D eigenvalue weighted by molar-refractivity contribution is 5.91. The summed E-state index contributed by atoms with van der Waals surface area (Å²) in [6.45, 7) is 2.10. The first kappa shape index (κ1) is 15.4. The number of nitrogens with zero attached hydrogens (tertiary/aromatic N) is 1. The molecule has 0 spiro atoms.